The standard InChI is InChI=1S/C25H21N3O2S2/c1-16(17-8-4-3-5-9-17)26-25-28(18-12-14-19(29)15-13-18)23(30)22(32-25)24-27(2)20-10-6-7-11-21(20)31-24/h3-16,29H,1-2H3. The maximum Gasteiger partial charge on any atom is 0.274 e. The second kappa shape index (κ2) is 8.41. The lowest BCUT2D eigenvalue weighted by Gasteiger charge is -2.18. The number of aromatic hydroxyl groups is 1. The highest BCUT2D eigenvalue weighted by molar-refractivity contribution is 8.20. The lowest BCUT2D eigenvalue weighted by molar-refractivity contribution is -0.113. The number of thioether (sulfide) groups is 2. The number of carbonyl (C=O) groups excluding carboxylic acids is 1. The molecule has 0 aromatic heterocycles. The van der Waals surface area contributed by atoms with E-state index in [1.165, 1.54) is 11.8 Å². The van der Waals surface area contributed by atoms with Crippen LogP contribution in [-0.2, 0) is 4.79 Å². The van der Waals surface area contributed by atoms with E-state index in [0.717, 1.165) is 21.2 Å². The van der Waals surface area contributed by atoms with Crippen molar-refractivity contribution in [3.8, 4) is 5.75 Å². The van der Waals surface area contributed by atoms with Gasteiger partial charge in [-0.3, -0.25) is 14.7 Å². The van der Waals surface area contributed by atoms with Gasteiger partial charge < -0.3 is 10.0 Å². The minimum absolute atomic E-state index is 0.109. The summed E-state index contributed by atoms with van der Waals surface area (Å²) in [4.78, 5) is 24.1. The summed E-state index contributed by atoms with van der Waals surface area (Å²) in [6.45, 7) is 2.03. The van der Waals surface area contributed by atoms with E-state index in [0.29, 0.717) is 15.8 Å². The number of hydrogen-bond donors (Lipinski definition) is 1. The predicted octanol–water partition coefficient (Wildman–Crippen LogP) is 6.00. The molecule has 1 fully saturated rings. The maximum atomic E-state index is 13.7. The Bertz CT molecular complexity index is 1240. The fourth-order valence-corrected chi connectivity index (χ4v) is 6.10. The van der Waals surface area contributed by atoms with Gasteiger partial charge in [0.2, 0.25) is 0 Å². The van der Waals surface area contributed by atoms with E-state index < -0.39 is 0 Å². The van der Waals surface area contributed by atoms with Crippen LogP contribution in [0, 0.1) is 0 Å². The Hall–Kier alpha value is -3.16. The Morgan fingerprint density at radius 1 is 0.906 bits per heavy atom. The predicted molar refractivity (Wildman–Crippen MR) is 133 cm³/mol. The zero-order valence-electron chi connectivity index (χ0n) is 17.6. The minimum atomic E-state index is -0.110. The van der Waals surface area contributed by atoms with Crippen molar-refractivity contribution < 1.29 is 9.90 Å². The molecule has 0 bridgehead atoms. The zero-order chi connectivity index (χ0) is 22.2. The SMILES string of the molecule is CC(N=C1SC(=C2Sc3ccccc3N2C)C(=O)N1c1ccc(O)cc1)c1ccccc1. The molecule has 1 atom stereocenters. The Morgan fingerprint density at radius 2 is 1.59 bits per heavy atom. The molecule has 0 saturated carbocycles. The normalized spacial score (nSPS) is 20.2. The van der Waals surface area contributed by atoms with Gasteiger partial charge in [0, 0.05) is 11.9 Å². The summed E-state index contributed by atoms with van der Waals surface area (Å²) >= 11 is 3.01. The average Bonchev–Trinajstić information content (AvgIpc) is 3.31. The molecule has 7 heteroatoms. The number of para-hydroxylation sites is 1. The van der Waals surface area contributed by atoms with Gasteiger partial charge in [-0.15, -0.1) is 0 Å². The first-order valence-electron chi connectivity index (χ1n) is 10.2. The van der Waals surface area contributed by atoms with Crippen molar-refractivity contribution in [3.63, 3.8) is 0 Å². The number of amidine groups is 1. The molecule has 1 saturated heterocycles. The van der Waals surface area contributed by atoms with Crippen molar-refractivity contribution in [1.82, 2.24) is 0 Å². The number of hydrogen-bond acceptors (Lipinski definition) is 6. The van der Waals surface area contributed by atoms with Crippen molar-refractivity contribution in [2.24, 2.45) is 4.99 Å². The summed E-state index contributed by atoms with van der Waals surface area (Å²) in [5.41, 5.74) is 2.85. The fraction of sp³-hybridized carbons (Fsp3) is 0.120. The summed E-state index contributed by atoms with van der Waals surface area (Å²) in [5, 5.41) is 11.3. The molecular weight excluding hydrogens is 438 g/mol. The van der Waals surface area contributed by atoms with E-state index in [4.69, 9.17) is 4.99 Å². The fourth-order valence-electron chi connectivity index (χ4n) is 3.69. The lowest BCUT2D eigenvalue weighted by atomic mass is 10.1. The number of amides is 1. The molecule has 32 heavy (non-hydrogen) atoms. The molecule has 0 radical (unpaired) electrons. The second-order valence-electron chi connectivity index (χ2n) is 7.52. The third kappa shape index (κ3) is 3.67. The van der Waals surface area contributed by atoms with Crippen LogP contribution in [-0.4, -0.2) is 23.2 Å². The first-order valence-corrected chi connectivity index (χ1v) is 11.8. The minimum Gasteiger partial charge on any atom is -0.508 e. The smallest absolute Gasteiger partial charge is 0.274 e. The summed E-state index contributed by atoms with van der Waals surface area (Å²) in [6, 6.07) is 24.7. The number of aliphatic imine (C=N–C) groups is 1. The second-order valence-corrected chi connectivity index (χ2v) is 9.53. The highest BCUT2D eigenvalue weighted by Crippen LogP contribution is 2.50. The summed E-state index contributed by atoms with van der Waals surface area (Å²) < 4.78 is 0. The van der Waals surface area contributed by atoms with Crippen molar-refractivity contribution in [2.75, 3.05) is 16.8 Å². The topological polar surface area (TPSA) is 56.1 Å². The number of phenolic OH excluding ortho intramolecular Hbond substituents is 1. The Morgan fingerprint density at radius 3 is 2.31 bits per heavy atom. The number of fused-ring (bicyclic) bond motifs is 1. The molecule has 1 amide bonds. The molecule has 2 heterocycles. The van der Waals surface area contributed by atoms with Crippen LogP contribution in [0.15, 0.2) is 98.7 Å². The Kier molecular flexibility index (Phi) is 5.45. The molecular formula is C25H21N3O2S2. The van der Waals surface area contributed by atoms with Gasteiger partial charge in [-0.1, -0.05) is 54.2 Å². The van der Waals surface area contributed by atoms with Crippen LogP contribution in [0.4, 0.5) is 11.4 Å². The average molecular weight is 460 g/mol. The molecule has 1 unspecified atom stereocenters. The number of benzene rings is 3. The van der Waals surface area contributed by atoms with Gasteiger partial charge in [0.05, 0.1) is 22.4 Å². The van der Waals surface area contributed by atoms with E-state index >= 15 is 0 Å². The quantitative estimate of drug-likeness (QED) is 0.487. The molecule has 3 aromatic rings. The molecule has 2 aliphatic rings. The van der Waals surface area contributed by atoms with Crippen molar-refractivity contribution >= 4 is 46.0 Å². The van der Waals surface area contributed by atoms with Crippen LogP contribution >= 0.6 is 23.5 Å². The van der Waals surface area contributed by atoms with Gasteiger partial charge in [-0.2, -0.15) is 0 Å². The number of rotatable bonds is 3. The van der Waals surface area contributed by atoms with E-state index in [-0.39, 0.29) is 17.7 Å². The molecule has 0 aliphatic carbocycles. The molecule has 5 nitrogen and oxygen atoms in total. The molecule has 160 valence electrons. The zero-order valence-corrected chi connectivity index (χ0v) is 19.2. The summed E-state index contributed by atoms with van der Waals surface area (Å²) in [6.07, 6.45) is 0. The van der Waals surface area contributed by atoms with E-state index in [2.05, 4.69) is 17.0 Å². The maximum absolute atomic E-state index is 13.7. The first kappa shape index (κ1) is 20.7. The summed E-state index contributed by atoms with van der Waals surface area (Å²) in [5.74, 6) is 0.0474. The van der Waals surface area contributed by atoms with E-state index in [1.807, 2.05) is 56.4 Å². The number of nitrogens with zero attached hydrogens (tertiary/aromatic N) is 3. The van der Waals surface area contributed by atoms with Gasteiger partial charge in [0.15, 0.2) is 5.17 Å². The monoisotopic (exact) mass is 459 g/mol. The van der Waals surface area contributed by atoms with Gasteiger partial charge in [-0.05, 0) is 60.6 Å². The Balaban J connectivity index is 1.58. The summed E-state index contributed by atoms with van der Waals surface area (Å²) in [7, 11) is 1.99. The van der Waals surface area contributed by atoms with Crippen LogP contribution in [0.1, 0.15) is 18.5 Å². The van der Waals surface area contributed by atoms with Crippen molar-refractivity contribution in [2.45, 2.75) is 17.9 Å². The number of phenols is 1. The van der Waals surface area contributed by atoms with Gasteiger partial charge >= 0.3 is 0 Å². The van der Waals surface area contributed by atoms with Gasteiger partial charge in [0.25, 0.3) is 5.91 Å². The number of carbonyl (C=O) groups is 1. The van der Waals surface area contributed by atoms with Gasteiger partial charge in [0.1, 0.15) is 10.7 Å². The van der Waals surface area contributed by atoms with Crippen LogP contribution in [0.25, 0.3) is 0 Å². The molecule has 2 aliphatic heterocycles. The number of anilines is 2. The van der Waals surface area contributed by atoms with Crippen LogP contribution < -0.4 is 9.80 Å². The molecule has 1 N–H and O–H groups in total. The van der Waals surface area contributed by atoms with Crippen molar-refractivity contribution in [3.05, 3.63) is 94.4 Å². The van der Waals surface area contributed by atoms with Gasteiger partial charge in [-0.25, -0.2) is 0 Å². The molecule has 5 rings (SSSR count). The Labute approximate surface area is 195 Å². The highest BCUT2D eigenvalue weighted by atomic mass is 32.2. The molecule has 3 aromatic carbocycles. The largest absolute Gasteiger partial charge is 0.508 e. The molecule has 0 spiro atoms. The third-order valence-corrected chi connectivity index (χ3v) is 7.82. The van der Waals surface area contributed by atoms with E-state index in [9.17, 15) is 9.90 Å². The van der Waals surface area contributed by atoms with E-state index in [1.54, 1.807) is 40.9 Å². The van der Waals surface area contributed by atoms with Crippen LogP contribution in [0.3, 0.4) is 0 Å². The third-order valence-electron chi connectivity index (χ3n) is 5.41. The van der Waals surface area contributed by atoms with Crippen LogP contribution in [0.5, 0.6) is 5.75 Å². The lowest BCUT2D eigenvalue weighted by Crippen LogP contribution is -2.29. The van der Waals surface area contributed by atoms with Crippen molar-refractivity contribution in [1.29, 1.82) is 0 Å². The first-order chi connectivity index (χ1) is 15.5. The van der Waals surface area contributed by atoms with Crippen LogP contribution in [0.2, 0.25) is 0 Å². The highest BCUT2D eigenvalue weighted by Gasteiger charge is 2.40.